The van der Waals surface area contributed by atoms with Crippen molar-refractivity contribution in [2.45, 2.75) is 18.9 Å². The highest BCUT2D eigenvalue weighted by molar-refractivity contribution is 5.93. The fourth-order valence-corrected chi connectivity index (χ4v) is 2.77. The number of amides is 1. The number of nitrogens with zero attached hydrogens (tertiary/aromatic N) is 5. The lowest BCUT2D eigenvalue weighted by Crippen LogP contribution is -2.48. The minimum absolute atomic E-state index is 0.0514. The average molecular weight is 316 g/mol. The molecule has 1 aliphatic rings. The lowest BCUT2D eigenvalue weighted by atomic mass is 10.1. The van der Waals surface area contributed by atoms with Crippen LogP contribution in [0.1, 0.15) is 23.2 Å². The lowest BCUT2D eigenvalue weighted by molar-refractivity contribution is 0.0933. The summed E-state index contributed by atoms with van der Waals surface area (Å²) in [4.78, 5) is 25.8. The van der Waals surface area contributed by atoms with E-state index in [0.29, 0.717) is 12.1 Å². The summed E-state index contributed by atoms with van der Waals surface area (Å²) in [5, 5.41) is 11.3. The molecule has 8 heteroatoms. The summed E-state index contributed by atoms with van der Waals surface area (Å²) in [6.45, 7) is 1.54. The van der Waals surface area contributed by atoms with Gasteiger partial charge in [0, 0.05) is 45.5 Å². The molecule has 0 saturated carbocycles. The summed E-state index contributed by atoms with van der Waals surface area (Å²) in [6, 6.07) is 3.30. The SMILES string of the molecule is Cn1cc(C(=O)NC2CCCN(c3ccc(=O)n(C)n3)C2)cn1. The van der Waals surface area contributed by atoms with Crippen LogP contribution in [0, 0.1) is 0 Å². The van der Waals surface area contributed by atoms with Crippen molar-refractivity contribution in [2.24, 2.45) is 14.1 Å². The number of rotatable bonds is 3. The molecule has 0 aromatic carbocycles. The molecule has 0 radical (unpaired) electrons. The first-order valence-corrected chi connectivity index (χ1v) is 7.62. The van der Waals surface area contributed by atoms with Crippen LogP contribution >= 0.6 is 0 Å². The first kappa shape index (κ1) is 15.3. The Morgan fingerprint density at radius 2 is 2.17 bits per heavy atom. The van der Waals surface area contributed by atoms with Crippen molar-refractivity contribution in [1.29, 1.82) is 0 Å². The van der Waals surface area contributed by atoms with Gasteiger partial charge >= 0.3 is 0 Å². The van der Waals surface area contributed by atoms with Crippen molar-refractivity contribution in [3.63, 3.8) is 0 Å². The molecule has 1 atom stereocenters. The fourth-order valence-electron chi connectivity index (χ4n) is 2.77. The molecule has 3 heterocycles. The second kappa shape index (κ2) is 6.23. The molecule has 1 saturated heterocycles. The number of hydrogen-bond acceptors (Lipinski definition) is 5. The van der Waals surface area contributed by atoms with Crippen LogP contribution in [-0.4, -0.2) is 44.6 Å². The molecule has 1 aliphatic heterocycles. The molecule has 1 N–H and O–H groups in total. The van der Waals surface area contributed by atoms with E-state index in [4.69, 9.17) is 0 Å². The van der Waals surface area contributed by atoms with E-state index >= 15 is 0 Å². The van der Waals surface area contributed by atoms with Crippen molar-refractivity contribution in [2.75, 3.05) is 18.0 Å². The molecule has 122 valence electrons. The average Bonchev–Trinajstić information content (AvgIpc) is 2.97. The summed E-state index contributed by atoms with van der Waals surface area (Å²) in [5.74, 6) is 0.644. The molecule has 0 spiro atoms. The van der Waals surface area contributed by atoms with Gasteiger partial charge in [-0.05, 0) is 18.9 Å². The highest BCUT2D eigenvalue weighted by atomic mass is 16.2. The number of nitrogens with one attached hydrogen (secondary N) is 1. The predicted molar refractivity (Wildman–Crippen MR) is 85.4 cm³/mol. The van der Waals surface area contributed by atoms with Crippen LogP contribution in [0.15, 0.2) is 29.3 Å². The van der Waals surface area contributed by atoms with Gasteiger partial charge in [-0.15, -0.1) is 0 Å². The Morgan fingerprint density at radius 3 is 2.87 bits per heavy atom. The predicted octanol–water partition coefficient (Wildman–Crippen LogP) is -0.0874. The van der Waals surface area contributed by atoms with Crippen molar-refractivity contribution >= 4 is 11.7 Å². The summed E-state index contributed by atoms with van der Waals surface area (Å²) in [7, 11) is 3.42. The van der Waals surface area contributed by atoms with E-state index in [9.17, 15) is 9.59 Å². The monoisotopic (exact) mass is 316 g/mol. The van der Waals surface area contributed by atoms with Gasteiger partial charge in [-0.25, -0.2) is 4.68 Å². The number of aryl methyl sites for hydroxylation is 2. The van der Waals surface area contributed by atoms with Gasteiger partial charge in [0.25, 0.3) is 11.5 Å². The van der Waals surface area contributed by atoms with Crippen LogP contribution in [-0.2, 0) is 14.1 Å². The maximum Gasteiger partial charge on any atom is 0.266 e. The van der Waals surface area contributed by atoms with Crippen LogP contribution in [0.2, 0.25) is 0 Å². The lowest BCUT2D eigenvalue weighted by Gasteiger charge is -2.33. The maximum atomic E-state index is 12.2. The molecule has 1 fully saturated rings. The zero-order valence-electron chi connectivity index (χ0n) is 13.3. The van der Waals surface area contributed by atoms with E-state index in [0.717, 1.165) is 25.2 Å². The second-order valence-electron chi connectivity index (χ2n) is 5.81. The molecular weight excluding hydrogens is 296 g/mol. The number of hydrogen-bond donors (Lipinski definition) is 1. The van der Waals surface area contributed by atoms with E-state index in [-0.39, 0.29) is 17.5 Å². The first-order valence-electron chi connectivity index (χ1n) is 7.62. The second-order valence-corrected chi connectivity index (χ2v) is 5.81. The molecule has 1 amide bonds. The quantitative estimate of drug-likeness (QED) is 0.855. The standard InChI is InChI=1S/C15H20N6O2/c1-19-9-11(8-16-19)15(23)17-12-4-3-7-21(10-12)13-5-6-14(22)20(2)18-13/h5-6,8-9,12H,3-4,7,10H2,1-2H3,(H,17,23). The smallest absolute Gasteiger partial charge is 0.266 e. The molecular formula is C15H20N6O2. The number of carbonyl (C=O) groups is 1. The van der Waals surface area contributed by atoms with Gasteiger partial charge in [-0.1, -0.05) is 0 Å². The van der Waals surface area contributed by atoms with Gasteiger partial charge in [0.1, 0.15) is 5.82 Å². The Morgan fingerprint density at radius 1 is 1.35 bits per heavy atom. The molecule has 0 aliphatic carbocycles. The van der Waals surface area contributed by atoms with E-state index in [1.165, 1.54) is 10.7 Å². The van der Waals surface area contributed by atoms with Crippen molar-refractivity contribution in [3.8, 4) is 0 Å². The minimum Gasteiger partial charge on any atom is -0.353 e. The molecule has 3 rings (SSSR count). The number of carbonyl (C=O) groups excluding carboxylic acids is 1. The third kappa shape index (κ3) is 3.41. The minimum atomic E-state index is -0.132. The van der Waals surface area contributed by atoms with Gasteiger partial charge in [-0.3, -0.25) is 14.3 Å². The van der Waals surface area contributed by atoms with Gasteiger partial charge in [-0.2, -0.15) is 10.2 Å². The number of piperidine rings is 1. The Labute approximate surface area is 133 Å². The third-order valence-corrected chi connectivity index (χ3v) is 3.99. The third-order valence-electron chi connectivity index (χ3n) is 3.99. The Kier molecular flexibility index (Phi) is 4.14. The van der Waals surface area contributed by atoms with Crippen molar-refractivity contribution in [3.05, 3.63) is 40.4 Å². The summed E-state index contributed by atoms with van der Waals surface area (Å²) < 4.78 is 2.93. The largest absolute Gasteiger partial charge is 0.353 e. The van der Waals surface area contributed by atoms with Crippen LogP contribution in [0.3, 0.4) is 0 Å². The molecule has 0 bridgehead atoms. The molecule has 2 aromatic heterocycles. The van der Waals surface area contributed by atoms with Gasteiger partial charge in [0.05, 0.1) is 11.8 Å². The Bertz CT molecular complexity index is 765. The first-order chi connectivity index (χ1) is 11.0. The summed E-state index contributed by atoms with van der Waals surface area (Å²) >= 11 is 0. The highest BCUT2D eigenvalue weighted by Gasteiger charge is 2.23. The zero-order valence-corrected chi connectivity index (χ0v) is 13.3. The van der Waals surface area contributed by atoms with Crippen LogP contribution in [0.5, 0.6) is 0 Å². The topological polar surface area (TPSA) is 85.0 Å². The van der Waals surface area contributed by atoms with Crippen molar-refractivity contribution < 1.29 is 4.79 Å². The maximum absolute atomic E-state index is 12.2. The van der Waals surface area contributed by atoms with Crippen LogP contribution in [0.25, 0.3) is 0 Å². The fraction of sp³-hybridized carbons (Fsp3) is 0.467. The normalized spacial score (nSPS) is 18.0. The van der Waals surface area contributed by atoms with Crippen LogP contribution < -0.4 is 15.8 Å². The summed E-state index contributed by atoms with van der Waals surface area (Å²) in [6.07, 6.45) is 5.14. The Hall–Kier alpha value is -2.64. The number of aromatic nitrogens is 4. The molecule has 2 aromatic rings. The van der Waals surface area contributed by atoms with E-state index in [1.807, 2.05) is 0 Å². The summed E-state index contributed by atoms with van der Waals surface area (Å²) in [5.41, 5.74) is 0.428. The Balaban J connectivity index is 1.67. The van der Waals surface area contributed by atoms with Crippen LogP contribution in [0.4, 0.5) is 5.82 Å². The van der Waals surface area contributed by atoms with E-state index in [2.05, 4.69) is 20.4 Å². The zero-order chi connectivity index (χ0) is 16.4. The van der Waals surface area contributed by atoms with E-state index in [1.54, 1.807) is 37.2 Å². The number of anilines is 1. The van der Waals surface area contributed by atoms with Gasteiger partial charge in [0.15, 0.2) is 0 Å². The van der Waals surface area contributed by atoms with Gasteiger partial charge < -0.3 is 10.2 Å². The van der Waals surface area contributed by atoms with E-state index < -0.39 is 0 Å². The molecule has 8 nitrogen and oxygen atoms in total. The van der Waals surface area contributed by atoms with Crippen molar-refractivity contribution in [1.82, 2.24) is 24.9 Å². The van der Waals surface area contributed by atoms with Gasteiger partial charge in [0.2, 0.25) is 0 Å². The highest BCUT2D eigenvalue weighted by Crippen LogP contribution is 2.16. The molecule has 23 heavy (non-hydrogen) atoms. The molecule has 1 unspecified atom stereocenters.